The van der Waals surface area contributed by atoms with Crippen LogP contribution < -0.4 is 10.2 Å². The third-order valence-electron chi connectivity index (χ3n) is 4.74. The van der Waals surface area contributed by atoms with Crippen molar-refractivity contribution in [3.63, 3.8) is 0 Å². The Morgan fingerprint density at radius 3 is 2.95 bits per heavy atom. The Morgan fingerprint density at radius 2 is 2.15 bits per heavy atom. The van der Waals surface area contributed by atoms with Crippen molar-refractivity contribution in [2.75, 3.05) is 18.0 Å². The molecule has 2 aliphatic rings. The van der Waals surface area contributed by atoms with E-state index in [1.165, 1.54) is 63.0 Å². The lowest BCUT2D eigenvalue weighted by atomic mass is 9.98. The molecule has 3 nitrogen and oxygen atoms in total. The first-order valence-electron chi connectivity index (χ1n) is 8.28. The maximum Gasteiger partial charge on any atom is 0.0562 e. The van der Waals surface area contributed by atoms with Crippen LogP contribution in [0, 0.1) is 5.92 Å². The first kappa shape index (κ1) is 13.9. The van der Waals surface area contributed by atoms with Gasteiger partial charge in [0.1, 0.15) is 0 Å². The molecule has 3 rings (SSSR count). The summed E-state index contributed by atoms with van der Waals surface area (Å²) in [5, 5.41) is 3.55. The Balaban J connectivity index is 1.61. The van der Waals surface area contributed by atoms with Gasteiger partial charge >= 0.3 is 0 Å². The number of anilines is 1. The summed E-state index contributed by atoms with van der Waals surface area (Å²) in [6.45, 7) is 5.66. The number of nitrogens with zero attached hydrogens (tertiary/aromatic N) is 2. The van der Waals surface area contributed by atoms with Crippen molar-refractivity contribution in [3.05, 3.63) is 24.0 Å². The van der Waals surface area contributed by atoms with Crippen LogP contribution in [0.25, 0.3) is 0 Å². The fourth-order valence-corrected chi connectivity index (χ4v) is 3.13. The first-order valence-corrected chi connectivity index (χ1v) is 8.28. The van der Waals surface area contributed by atoms with Crippen molar-refractivity contribution in [2.24, 2.45) is 5.92 Å². The lowest BCUT2D eigenvalue weighted by Gasteiger charge is -2.23. The van der Waals surface area contributed by atoms with Crippen LogP contribution in [0.3, 0.4) is 0 Å². The number of pyridine rings is 1. The molecule has 1 saturated carbocycles. The Morgan fingerprint density at radius 1 is 1.25 bits per heavy atom. The lowest BCUT2D eigenvalue weighted by molar-refractivity contribution is 0.459. The highest BCUT2D eigenvalue weighted by atomic mass is 15.1. The number of hydrogen-bond acceptors (Lipinski definition) is 3. The second-order valence-electron chi connectivity index (χ2n) is 6.35. The van der Waals surface area contributed by atoms with Gasteiger partial charge in [-0.25, -0.2) is 0 Å². The van der Waals surface area contributed by atoms with Crippen molar-refractivity contribution in [2.45, 2.75) is 58.0 Å². The molecule has 0 radical (unpaired) electrons. The van der Waals surface area contributed by atoms with Crippen LogP contribution >= 0.6 is 0 Å². The standard InChI is InChI=1S/C17H27N3/c1-2-14-4-3-10-20(11-8-14)17-7-9-18-16(12-17)13-19-15-5-6-15/h7,9,12,14-15,19H,2-6,8,10-11,13H2,1H3. The van der Waals surface area contributed by atoms with Crippen molar-refractivity contribution < 1.29 is 0 Å². The summed E-state index contributed by atoms with van der Waals surface area (Å²) in [5.41, 5.74) is 2.55. The Bertz CT molecular complexity index is 428. The van der Waals surface area contributed by atoms with Crippen molar-refractivity contribution in [3.8, 4) is 0 Å². The molecule has 0 amide bonds. The monoisotopic (exact) mass is 273 g/mol. The van der Waals surface area contributed by atoms with Gasteiger partial charge in [-0.1, -0.05) is 13.3 Å². The molecule has 110 valence electrons. The third kappa shape index (κ3) is 3.72. The van der Waals surface area contributed by atoms with Gasteiger partial charge in [0, 0.05) is 37.6 Å². The molecule has 1 N–H and O–H groups in total. The summed E-state index contributed by atoms with van der Waals surface area (Å²) < 4.78 is 0. The molecule has 1 saturated heterocycles. The molecule has 1 aromatic rings. The van der Waals surface area contributed by atoms with Crippen molar-refractivity contribution in [1.82, 2.24) is 10.3 Å². The van der Waals surface area contributed by atoms with Crippen LogP contribution in [0.1, 0.15) is 51.1 Å². The van der Waals surface area contributed by atoms with Gasteiger partial charge in [-0.15, -0.1) is 0 Å². The topological polar surface area (TPSA) is 28.2 Å². The molecule has 2 heterocycles. The highest BCUT2D eigenvalue weighted by molar-refractivity contribution is 5.46. The minimum Gasteiger partial charge on any atom is -0.371 e. The molecular formula is C17H27N3. The van der Waals surface area contributed by atoms with Gasteiger partial charge in [0.15, 0.2) is 0 Å². The third-order valence-corrected chi connectivity index (χ3v) is 4.74. The van der Waals surface area contributed by atoms with E-state index in [4.69, 9.17) is 0 Å². The van der Waals surface area contributed by atoms with Gasteiger partial charge in [-0.3, -0.25) is 4.98 Å². The number of nitrogens with one attached hydrogen (secondary N) is 1. The lowest BCUT2D eigenvalue weighted by Crippen LogP contribution is -2.24. The highest BCUT2D eigenvalue weighted by Gasteiger charge is 2.20. The molecule has 3 heteroatoms. The van der Waals surface area contributed by atoms with E-state index in [9.17, 15) is 0 Å². The quantitative estimate of drug-likeness (QED) is 0.891. The molecule has 2 fully saturated rings. The fraction of sp³-hybridized carbons (Fsp3) is 0.706. The van der Waals surface area contributed by atoms with Gasteiger partial charge in [0.05, 0.1) is 5.69 Å². The number of aromatic nitrogens is 1. The Labute approximate surface area is 122 Å². The summed E-state index contributed by atoms with van der Waals surface area (Å²) in [7, 11) is 0. The predicted molar refractivity (Wildman–Crippen MR) is 83.9 cm³/mol. The summed E-state index contributed by atoms with van der Waals surface area (Å²) in [5.74, 6) is 0.929. The second-order valence-corrected chi connectivity index (χ2v) is 6.35. The van der Waals surface area contributed by atoms with Crippen molar-refractivity contribution in [1.29, 1.82) is 0 Å². The first-order chi connectivity index (χ1) is 9.85. The van der Waals surface area contributed by atoms with Crippen molar-refractivity contribution >= 4 is 5.69 Å². The van der Waals surface area contributed by atoms with E-state index in [1.807, 2.05) is 6.20 Å². The molecule has 1 atom stereocenters. The van der Waals surface area contributed by atoms with E-state index in [-0.39, 0.29) is 0 Å². The fourth-order valence-electron chi connectivity index (χ4n) is 3.13. The molecule has 0 spiro atoms. The van der Waals surface area contributed by atoms with Crippen LogP contribution in [0.2, 0.25) is 0 Å². The minimum atomic E-state index is 0.754. The maximum atomic E-state index is 4.50. The van der Waals surface area contributed by atoms with Gasteiger partial charge in [-0.05, 0) is 50.2 Å². The normalized spacial score (nSPS) is 23.6. The Hall–Kier alpha value is -1.09. The maximum absolute atomic E-state index is 4.50. The molecule has 20 heavy (non-hydrogen) atoms. The molecule has 1 aliphatic carbocycles. The summed E-state index contributed by atoms with van der Waals surface area (Å²) in [6, 6.07) is 5.21. The average molecular weight is 273 g/mol. The van der Waals surface area contributed by atoms with E-state index >= 15 is 0 Å². The largest absolute Gasteiger partial charge is 0.371 e. The number of hydrogen-bond donors (Lipinski definition) is 1. The molecule has 1 aliphatic heterocycles. The average Bonchev–Trinajstić information content (AvgIpc) is 3.32. The second kappa shape index (κ2) is 6.57. The molecule has 0 aromatic carbocycles. The van der Waals surface area contributed by atoms with E-state index < -0.39 is 0 Å². The summed E-state index contributed by atoms with van der Waals surface area (Å²) in [4.78, 5) is 7.05. The van der Waals surface area contributed by atoms with Crippen LogP contribution in [-0.2, 0) is 6.54 Å². The van der Waals surface area contributed by atoms with Gasteiger partial charge in [-0.2, -0.15) is 0 Å². The number of rotatable bonds is 5. The zero-order valence-electron chi connectivity index (χ0n) is 12.6. The van der Waals surface area contributed by atoms with Crippen LogP contribution in [-0.4, -0.2) is 24.1 Å². The van der Waals surface area contributed by atoms with E-state index in [2.05, 4.69) is 34.3 Å². The molecule has 0 bridgehead atoms. The van der Waals surface area contributed by atoms with Crippen LogP contribution in [0.4, 0.5) is 5.69 Å². The smallest absolute Gasteiger partial charge is 0.0562 e. The zero-order valence-corrected chi connectivity index (χ0v) is 12.6. The van der Waals surface area contributed by atoms with E-state index in [1.54, 1.807) is 0 Å². The van der Waals surface area contributed by atoms with Gasteiger partial charge in [0.25, 0.3) is 0 Å². The zero-order chi connectivity index (χ0) is 13.8. The van der Waals surface area contributed by atoms with E-state index in [0.29, 0.717) is 0 Å². The molecule has 1 unspecified atom stereocenters. The predicted octanol–water partition coefficient (Wildman–Crippen LogP) is 3.35. The molecular weight excluding hydrogens is 246 g/mol. The van der Waals surface area contributed by atoms with Gasteiger partial charge in [0.2, 0.25) is 0 Å². The van der Waals surface area contributed by atoms with E-state index in [0.717, 1.165) is 18.5 Å². The summed E-state index contributed by atoms with van der Waals surface area (Å²) >= 11 is 0. The SMILES string of the molecule is CCC1CCCN(c2ccnc(CNC3CC3)c2)CC1. The molecule has 1 aromatic heterocycles. The minimum absolute atomic E-state index is 0.754. The van der Waals surface area contributed by atoms with Gasteiger partial charge < -0.3 is 10.2 Å². The van der Waals surface area contributed by atoms with Crippen LogP contribution in [0.5, 0.6) is 0 Å². The highest BCUT2D eigenvalue weighted by Crippen LogP contribution is 2.25. The van der Waals surface area contributed by atoms with Crippen LogP contribution in [0.15, 0.2) is 18.3 Å². The summed E-state index contributed by atoms with van der Waals surface area (Å²) in [6.07, 6.45) is 10.1. The Kier molecular flexibility index (Phi) is 4.56.